The summed E-state index contributed by atoms with van der Waals surface area (Å²) in [4.78, 5) is 25.7. The number of rotatable bonds is 13. The SMILES string of the molecule is CCOCc1nc2c(N)nc3ccccc3c2n1C[C@@H](C)O[P@](=O)(N[C@@H](C)C(=O)OC(C)C)Oc1cccnc1. The lowest BCUT2D eigenvalue weighted by Gasteiger charge is -2.26. The number of hydrogen-bond acceptors (Lipinski definition) is 10. The monoisotopic (exact) mass is 570 g/mol. The molecule has 0 unspecified atom stereocenters. The summed E-state index contributed by atoms with van der Waals surface area (Å²) in [6, 6.07) is 9.88. The molecule has 0 saturated carbocycles. The van der Waals surface area contributed by atoms with E-state index in [0.717, 1.165) is 16.4 Å². The summed E-state index contributed by atoms with van der Waals surface area (Å²) in [7, 11) is -4.12. The van der Waals surface area contributed by atoms with E-state index in [1.165, 1.54) is 13.1 Å². The topological polar surface area (TPSA) is 153 Å². The summed E-state index contributed by atoms with van der Waals surface area (Å²) in [6.45, 7) is 9.58. The minimum absolute atomic E-state index is 0.213. The number of anilines is 1. The van der Waals surface area contributed by atoms with E-state index in [0.29, 0.717) is 23.8 Å². The second-order valence-corrected chi connectivity index (χ2v) is 11.2. The molecule has 3 aromatic heterocycles. The predicted molar refractivity (Wildman–Crippen MR) is 152 cm³/mol. The van der Waals surface area contributed by atoms with Crippen LogP contribution in [0, 0.1) is 0 Å². The standard InChI is InChI=1S/C27H35N6O6P/c1-6-36-16-23-31-24-25(21-11-7-8-12-22(21)30-26(24)28)33(23)15-18(4)38-40(35,39-20-10-9-13-29-14-20)32-19(5)27(34)37-17(2)3/h7-14,17-19H,6,15-16H2,1-5H3,(H2,28,30)(H,32,35)/t18-,19+,40-/m1/s1. The molecule has 214 valence electrons. The molecule has 12 nitrogen and oxygen atoms in total. The number of pyridine rings is 2. The number of aromatic nitrogens is 4. The fraction of sp³-hybridized carbons (Fsp3) is 0.407. The Morgan fingerprint density at radius 1 is 1.12 bits per heavy atom. The highest BCUT2D eigenvalue weighted by Crippen LogP contribution is 2.46. The van der Waals surface area contributed by atoms with Crippen LogP contribution in [-0.2, 0) is 36.5 Å². The molecular formula is C27H35N6O6P. The lowest BCUT2D eigenvalue weighted by molar-refractivity contribution is -0.149. The molecule has 0 saturated heterocycles. The Kier molecular flexibility index (Phi) is 9.36. The summed E-state index contributed by atoms with van der Waals surface area (Å²) in [5.74, 6) is 0.533. The van der Waals surface area contributed by atoms with Gasteiger partial charge in [-0.25, -0.2) is 14.5 Å². The number of imidazole rings is 1. The number of benzene rings is 1. The number of fused-ring (bicyclic) bond motifs is 3. The number of carbonyl (C=O) groups excluding carboxylic acids is 1. The van der Waals surface area contributed by atoms with Gasteiger partial charge in [0.25, 0.3) is 0 Å². The normalized spacial score (nSPS) is 14.8. The van der Waals surface area contributed by atoms with Crippen LogP contribution < -0.4 is 15.3 Å². The molecule has 3 N–H and O–H groups in total. The first kappa shape index (κ1) is 29.4. The number of carbonyl (C=O) groups is 1. The number of para-hydroxylation sites is 1. The van der Waals surface area contributed by atoms with Crippen molar-refractivity contribution in [2.45, 2.75) is 66.0 Å². The molecule has 13 heteroatoms. The molecule has 4 aromatic rings. The van der Waals surface area contributed by atoms with Crippen molar-refractivity contribution in [2.24, 2.45) is 0 Å². The van der Waals surface area contributed by atoms with Gasteiger partial charge in [-0.1, -0.05) is 18.2 Å². The van der Waals surface area contributed by atoms with E-state index in [4.69, 9.17) is 29.2 Å². The van der Waals surface area contributed by atoms with Crippen molar-refractivity contribution in [3.8, 4) is 5.75 Å². The molecule has 3 atom stereocenters. The fourth-order valence-corrected chi connectivity index (χ4v) is 5.84. The van der Waals surface area contributed by atoms with Gasteiger partial charge in [0.15, 0.2) is 5.82 Å². The van der Waals surface area contributed by atoms with Gasteiger partial charge in [-0.3, -0.25) is 14.3 Å². The Morgan fingerprint density at radius 2 is 1.90 bits per heavy atom. The van der Waals surface area contributed by atoms with E-state index in [2.05, 4.69) is 15.1 Å². The lowest BCUT2D eigenvalue weighted by atomic mass is 10.2. The van der Waals surface area contributed by atoms with Crippen LogP contribution in [0.25, 0.3) is 21.9 Å². The molecule has 4 rings (SSSR count). The highest BCUT2D eigenvalue weighted by atomic mass is 31.2. The number of esters is 1. The van der Waals surface area contributed by atoms with Gasteiger partial charge in [0.1, 0.15) is 29.7 Å². The molecule has 0 radical (unpaired) electrons. The zero-order valence-electron chi connectivity index (χ0n) is 23.2. The summed E-state index contributed by atoms with van der Waals surface area (Å²) in [6.07, 6.45) is 1.94. The first-order valence-corrected chi connectivity index (χ1v) is 14.6. The molecular weight excluding hydrogens is 535 g/mol. The number of nitrogens with two attached hydrogens (primary N) is 1. The van der Waals surface area contributed by atoms with Crippen molar-refractivity contribution >= 4 is 41.5 Å². The van der Waals surface area contributed by atoms with Crippen LogP contribution in [0.1, 0.15) is 40.4 Å². The Hall–Kier alpha value is -3.57. The smallest absolute Gasteiger partial charge is 0.459 e. The molecule has 0 aliphatic heterocycles. The molecule has 0 bridgehead atoms. The first-order chi connectivity index (χ1) is 19.1. The number of nitrogens with one attached hydrogen (secondary N) is 1. The molecule has 1 aromatic carbocycles. The third kappa shape index (κ3) is 6.95. The minimum atomic E-state index is -4.12. The van der Waals surface area contributed by atoms with Crippen LogP contribution in [0.2, 0.25) is 0 Å². The van der Waals surface area contributed by atoms with Crippen molar-refractivity contribution in [1.29, 1.82) is 0 Å². The zero-order valence-corrected chi connectivity index (χ0v) is 24.1. The van der Waals surface area contributed by atoms with E-state index < -0.39 is 25.9 Å². The largest absolute Gasteiger partial charge is 0.462 e. The summed E-state index contributed by atoms with van der Waals surface area (Å²) >= 11 is 0. The average molecular weight is 571 g/mol. The lowest BCUT2D eigenvalue weighted by Crippen LogP contribution is -2.37. The van der Waals surface area contributed by atoms with Crippen molar-refractivity contribution in [2.75, 3.05) is 12.3 Å². The van der Waals surface area contributed by atoms with Gasteiger partial charge in [-0.15, -0.1) is 0 Å². The van der Waals surface area contributed by atoms with Crippen LogP contribution in [-0.4, -0.2) is 50.3 Å². The van der Waals surface area contributed by atoms with Gasteiger partial charge in [0.2, 0.25) is 0 Å². The molecule has 3 heterocycles. The summed E-state index contributed by atoms with van der Waals surface area (Å²) < 4.78 is 38.7. The van der Waals surface area contributed by atoms with Crippen LogP contribution >= 0.6 is 7.75 Å². The molecule has 0 aliphatic rings. The molecule has 0 amide bonds. The van der Waals surface area contributed by atoms with Gasteiger partial charge in [0, 0.05) is 18.2 Å². The molecule has 0 spiro atoms. The van der Waals surface area contributed by atoms with E-state index in [-0.39, 0.29) is 25.0 Å². The Balaban J connectivity index is 1.68. The van der Waals surface area contributed by atoms with Crippen LogP contribution in [0.15, 0.2) is 48.8 Å². The van der Waals surface area contributed by atoms with E-state index >= 15 is 0 Å². The highest BCUT2D eigenvalue weighted by Gasteiger charge is 2.35. The minimum Gasteiger partial charge on any atom is -0.462 e. The Bertz CT molecular complexity index is 1510. The third-order valence-electron chi connectivity index (χ3n) is 5.80. The van der Waals surface area contributed by atoms with Gasteiger partial charge >= 0.3 is 13.7 Å². The number of ether oxygens (including phenoxy) is 2. The van der Waals surface area contributed by atoms with Gasteiger partial charge < -0.3 is 24.3 Å². The maximum absolute atomic E-state index is 14.0. The van der Waals surface area contributed by atoms with Crippen LogP contribution in [0.4, 0.5) is 5.82 Å². The second-order valence-electron chi connectivity index (χ2n) is 9.52. The maximum atomic E-state index is 14.0. The predicted octanol–water partition coefficient (Wildman–Crippen LogP) is 4.62. The summed E-state index contributed by atoms with van der Waals surface area (Å²) in [5, 5.41) is 3.57. The first-order valence-electron chi connectivity index (χ1n) is 13.1. The fourth-order valence-electron chi connectivity index (χ4n) is 4.17. The quantitative estimate of drug-likeness (QED) is 0.171. The molecule has 0 aliphatic carbocycles. The van der Waals surface area contributed by atoms with Crippen molar-refractivity contribution in [3.63, 3.8) is 0 Å². The van der Waals surface area contributed by atoms with Crippen molar-refractivity contribution < 1.29 is 27.9 Å². The average Bonchev–Trinajstić information content (AvgIpc) is 3.26. The maximum Gasteiger partial charge on any atom is 0.459 e. The highest BCUT2D eigenvalue weighted by molar-refractivity contribution is 7.52. The number of hydrogen-bond donors (Lipinski definition) is 2. The summed E-state index contributed by atoms with van der Waals surface area (Å²) in [5.41, 5.74) is 8.31. The van der Waals surface area contributed by atoms with Crippen molar-refractivity contribution in [3.05, 3.63) is 54.6 Å². The third-order valence-corrected chi connectivity index (χ3v) is 7.59. The second kappa shape index (κ2) is 12.7. The Labute approximate surface area is 232 Å². The van der Waals surface area contributed by atoms with Crippen LogP contribution in [0.3, 0.4) is 0 Å². The van der Waals surface area contributed by atoms with Gasteiger partial charge in [-0.2, -0.15) is 5.09 Å². The van der Waals surface area contributed by atoms with E-state index in [1.807, 2.05) is 35.8 Å². The zero-order chi connectivity index (χ0) is 28.9. The molecule has 0 fully saturated rings. The van der Waals surface area contributed by atoms with Gasteiger partial charge in [-0.05, 0) is 52.8 Å². The number of nitrogen functional groups attached to an aromatic ring is 1. The number of nitrogens with zero attached hydrogens (tertiary/aromatic N) is 4. The van der Waals surface area contributed by atoms with E-state index in [1.54, 1.807) is 39.1 Å². The Morgan fingerprint density at radius 3 is 2.60 bits per heavy atom. The van der Waals surface area contributed by atoms with Gasteiger partial charge in [0.05, 0.1) is 36.0 Å². The van der Waals surface area contributed by atoms with Crippen molar-refractivity contribution in [1.82, 2.24) is 24.6 Å². The van der Waals surface area contributed by atoms with E-state index in [9.17, 15) is 9.36 Å². The molecule has 40 heavy (non-hydrogen) atoms. The van der Waals surface area contributed by atoms with Crippen LogP contribution in [0.5, 0.6) is 5.75 Å².